The number of hydrogen-bond acceptors (Lipinski definition) is 3. The van der Waals surface area contributed by atoms with Crippen LogP contribution in [0.5, 0.6) is 0 Å². The van der Waals surface area contributed by atoms with Gasteiger partial charge in [0.15, 0.2) is 5.82 Å². The molecule has 1 rings (SSSR count). The van der Waals surface area contributed by atoms with E-state index in [2.05, 4.69) is 17.4 Å². The van der Waals surface area contributed by atoms with Crippen molar-refractivity contribution >= 4 is 11.8 Å². The number of hydrogen-bond donors (Lipinski definition) is 2. The molecule has 0 saturated heterocycles. The van der Waals surface area contributed by atoms with E-state index in [9.17, 15) is 4.79 Å². The molecule has 0 saturated carbocycles. The van der Waals surface area contributed by atoms with Gasteiger partial charge in [0.2, 0.25) is 0 Å². The van der Waals surface area contributed by atoms with Gasteiger partial charge in [0.1, 0.15) is 5.76 Å². The van der Waals surface area contributed by atoms with Crippen LogP contribution < -0.4 is 11.1 Å². The number of amides is 2. The first kappa shape index (κ1) is 10.6. The first-order valence-electron chi connectivity index (χ1n) is 4.74. The fraction of sp³-hybridized carbons (Fsp3) is 0.556. The third-order valence-electron chi connectivity index (χ3n) is 1.84. The Balaban J connectivity index is 2.38. The standard InChI is InChI=1S/C9H15N3O2/c1-2-3-4-5-7-6-8(12-14-7)11-9(10)13/h6H,2-5H2,1H3,(H3,10,11,12,13). The van der Waals surface area contributed by atoms with E-state index in [0.29, 0.717) is 5.82 Å². The van der Waals surface area contributed by atoms with Crippen LogP contribution in [0.25, 0.3) is 0 Å². The summed E-state index contributed by atoms with van der Waals surface area (Å²) in [6.07, 6.45) is 4.25. The largest absolute Gasteiger partial charge is 0.359 e. The molecule has 5 nitrogen and oxygen atoms in total. The topological polar surface area (TPSA) is 81.1 Å². The molecule has 0 aliphatic heterocycles. The van der Waals surface area contributed by atoms with Crippen LogP contribution in [0, 0.1) is 0 Å². The number of carbonyl (C=O) groups is 1. The van der Waals surface area contributed by atoms with Gasteiger partial charge in [-0.05, 0) is 6.42 Å². The summed E-state index contributed by atoms with van der Waals surface area (Å²) in [5.41, 5.74) is 4.92. The highest BCUT2D eigenvalue weighted by molar-refractivity contribution is 5.86. The Morgan fingerprint density at radius 3 is 3.07 bits per heavy atom. The van der Waals surface area contributed by atoms with Gasteiger partial charge in [-0.15, -0.1) is 0 Å². The predicted molar refractivity (Wildman–Crippen MR) is 52.9 cm³/mol. The lowest BCUT2D eigenvalue weighted by Gasteiger charge is -1.92. The number of primary amides is 1. The Labute approximate surface area is 82.6 Å². The maximum Gasteiger partial charge on any atom is 0.317 e. The predicted octanol–water partition coefficient (Wildman–Crippen LogP) is 1.90. The molecular formula is C9H15N3O2. The molecule has 1 aromatic heterocycles. The number of urea groups is 1. The normalized spacial score (nSPS) is 10.1. The summed E-state index contributed by atoms with van der Waals surface area (Å²) in [7, 11) is 0. The summed E-state index contributed by atoms with van der Waals surface area (Å²) in [6.45, 7) is 2.14. The van der Waals surface area contributed by atoms with Gasteiger partial charge in [-0.2, -0.15) is 0 Å². The van der Waals surface area contributed by atoms with E-state index >= 15 is 0 Å². The first-order valence-corrected chi connectivity index (χ1v) is 4.74. The average Bonchev–Trinajstić information content (AvgIpc) is 2.52. The summed E-state index contributed by atoms with van der Waals surface area (Å²) >= 11 is 0. The van der Waals surface area contributed by atoms with Crippen molar-refractivity contribution < 1.29 is 9.32 Å². The van der Waals surface area contributed by atoms with Gasteiger partial charge in [-0.3, -0.25) is 5.32 Å². The first-order chi connectivity index (χ1) is 6.72. The summed E-state index contributed by atoms with van der Waals surface area (Å²) in [5.74, 6) is 1.16. The number of nitrogens with zero attached hydrogens (tertiary/aromatic N) is 1. The molecule has 0 atom stereocenters. The molecule has 0 aromatic carbocycles. The van der Waals surface area contributed by atoms with Crippen molar-refractivity contribution in [3.8, 4) is 0 Å². The molecule has 1 aromatic rings. The molecule has 5 heteroatoms. The highest BCUT2D eigenvalue weighted by atomic mass is 16.5. The Bertz CT molecular complexity index is 296. The van der Waals surface area contributed by atoms with Crippen LogP contribution in [0.15, 0.2) is 10.6 Å². The highest BCUT2D eigenvalue weighted by Gasteiger charge is 2.04. The lowest BCUT2D eigenvalue weighted by atomic mass is 10.2. The Morgan fingerprint density at radius 1 is 1.64 bits per heavy atom. The number of unbranched alkanes of at least 4 members (excludes halogenated alkanes) is 2. The van der Waals surface area contributed by atoms with Crippen molar-refractivity contribution in [2.45, 2.75) is 32.6 Å². The van der Waals surface area contributed by atoms with Crippen LogP contribution in [0.1, 0.15) is 31.9 Å². The molecule has 0 spiro atoms. The summed E-state index contributed by atoms with van der Waals surface area (Å²) < 4.78 is 4.99. The third-order valence-corrected chi connectivity index (χ3v) is 1.84. The van der Waals surface area contributed by atoms with Gasteiger partial charge < -0.3 is 10.3 Å². The monoisotopic (exact) mass is 197 g/mol. The van der Waals surface area contributed by atoms with Crippen molar-refractivity contribution in [2.24, 2.45) is 5.73 Å². The number of carbonyl (C=O) groups excluding carboxylic acids is 1. The molecule has 1 heterocycles. The zero-order chi connectivity index (χ0) is 10.4. The second kappa shape index (κ2) is 5.26. The highest BCUT2D eigenvalue weighted by Crippen LogP contribution is 2.11. The average molecular weight is 197 g/mol. The van der Waals surface area contributed by atoms with Gasteiger partial charge in [0.25, 0.3) is 0 Å². The molecule has 0 bridgehead atoms. The molecule has 0 radical (unpaired) electrons. The molecule has 0 unspecified atom stereocenters. The van der Waals surface area contributed by atoms with Crippen molar-refractivity contribution in [1.29, 1.82) is 0 Å². The maximum absolute atomic E-state index is 10.5. The van der Waals surface area contributed by atoms with Gasteiger partial charge >= 0.3 is 6.03 Å². The van der Waals surface area contributed by atoms with Gasteiger partial charge in [-0.1, -0.05) is 24.9 Å². The zero-order valence-electron chi connectivity index (χ0n) is 8.25. The van der Waals surface area contributed by atoms with Crippen molar-refractivity contribution in [3.05, 3.63) is 11.8 Å². The molecule has 3 N–H and O–H groups in total. The van der Waals surface area contributed by atoms with Gasteiger partial charge in [0.05, 0.1) is 0 Å². The number of rotatable bonds is 5. The van der Waals surface area contributed by atoms with Crippen molar-refractivity contribution in [2.75, 3.05) is 5.32 Å². The van der Waals surface area contributed by atoms with Crippen LogP contribution in [0.2, 0.25) is 0 Å². The summed E-state index contributed by atoms with van der Waals surface area (Å²) in [5, 5.41) is 6.00. The van der Waals surface area contributed by atoms with E-state index in [1.807, 2.05) is 0 Å². The van der Waals surface area contributed by atoms with E-state index < -0.39 is 6.03 Å². The lowest BCUT2D eigenvalue weighted by molar-refractivity contribution is 0.259. The minimum Gasteiger partial charge on any atom is -0.359 e. The van der Waals surface area contributed by atoms with Crippen LogP contribution in [-0.2, 0) is 6.42 Å². The van der Waals surface area contributed by atoms with Crippen LogP contribution in [-0.4, -0.2) is 11.2 Å². The number of aromatic nitrogens is 1. The maximum atomic E-state index is 10.5. The van der Waals surface area contributed by atoms with E-state index in [1.54, 1.807) is 6.07 Å². The van der Waals surface area contributed by atoms with Crippen LogP contribution >= 0.6 is 0 Å². The van der Waals surface area contributed by atoms with E-state index in [1.165, 1.54) is 12.8 Å². The minimum atomic E-state index is -0.626. The lowest BCUT2D eigenvalue weighted by Crippen LogP contribution is -2.19. The number of nitrogens with two attached hydrogens (primary N) is 1. The summed E-state index contributed by atoms with van der Waals surface area (Å²) in [4.78, 5) is 10.5. The summed E-state index contributed by atoms with van der Waals surface area (Å²) in [6, 6.07) is 1.07. The number of anilines is 1. The third kappa shape index (κ3) is 3.47. The smallest absolute Gasteiger partial charge is 0.317 e. The zero-order valence-corrected chi connectivity index (χ0v) is 8.25. The van der Waals surface area contributed by atoms with E-state index in [0.717, 1.165) is 18.6 Å². The van der Waals surface area contributed by atoms with Crippen LogP contribution in [0.3, 0.4) is 0 Å². The number of nitrogens with one attached hydrogen (secondary N) is 1. The molecule has 14 heavy (non-hydrogen) atoms. The van der Waals surface area contributed by atoms with Gasteiger partial charge in [-0.25, -0.2) is 4.79 Å². The second-order valence-electron chi connectivity index (χ2n) is 3.12. The van der Waals surface area contributed by atoms with E-state index in [4.69, 9.17) is 10.3 Å². The van der Waals surface area contributed by atoms with Crippen LogP contribution in [0.4, 0.5) is 10.6 Å². The van der Waals surface area contributed by atoms with Crippen molar-refractivity contribution in [1.82, 2.24) is 5.16 Å². The molecule has 78 valence electrons. The Hall–Kier alpha value is -1.52. The second-order valence-corrected chi connectivity index (χ2v) is 3.12. The molecular weight excluding hydrogens is 182 g/mol. The number of aryl methyl sites for hydroxylation is 1. The van der Waals surface area contributed by atoms with E-state index in [-0.39, 0.29) is 0 Å². The molecule has 0 aliphatic rings. The fourth-order valence-corrected chi connectivity index (χ4v) is 1.17. The molecule has 0 aliphatic carbocycles. The molecule has 2 amide bonds. The van der Waals surface area contributed by atoms with Gasteiger partial charge in [0, 0.05) is 12.5 Å². The fourth-order valence-electron chi connectivity index (χ4n) is 1.17. The minimum absolute atomic E-state index is 0.379. The Kier molecular flexibility index (Phi) is 3.97. The Morgan fingerprint density at radius 2 is 2.43 bits per heavy atom. The van der Waals surface area contributed by atoms with Crippen molar-refractivity contribution in [3.63, 3.8) is 0 Å². The quantitative estimate of drug-likeness (QED) is 0.707. The molecule has 0 fully saturated rings. The SMILES string of the molecule is CCCCCc1cc(NC(N)=O)no1.